The summed E-state index contributed by atoms with van der Waals surface area (Å²) < 4.78 is 6.25. The molecule has 2 atom stereocenters. The van der Waals surface area contributed by atoms with E-state index in [1.165, 1.54) is 0 Å². The molecule has 1 fully saturated rings. The number of ether oxygens (including phenoxy) is 1. The number of nitrogens with two attached hydrogens (primary N) is 1. The van der Waals surface area contributed by atoms with E-state index < -0.39 is 0 Å². The topological polar surface area (TPSA) is 55.6 Å². The number of benzene rings is 1. The first-order valence-corrected chi connectivity index (χ1v) is 6.70. The molecule has 1 saturated heterocycles. The van der Waals surface area contributed by atoms with E-state index in [0.717, 1.165) is 10.0 Å². The maximum Gasteiger partial charge on any atom is 0.229 e. The van der Waals surface area contributed by atoms with Crippen molar-refractivity contribution in [2.24, 2.45) is 11.7 Å². The largest absolute Gasteiger partial charge is 0.379 e. The molecule has 0 aliphatic carbocycles. The predicted octanol–water partition coefficient (Wildman–Crippen LogP) is 1.38. The predicted molar refractivity (Wildman–Crippen MR) is 72.9 cm³/mol. The normalized spacial score (nSPS) is 23.1. The first-order chi connectivity index (χ1) is 8.58. The van der Waals surface area contributed by atoms with Crippen molar-refractivity contribution < 1.29 is 9.53 Å². The van der Waals surface area contributed by atoms with Gasteiger partial charge in [-0.05, 0) is 17.7 Å². The maximum absolute atomic E-state index is 12.2. The summed E-state index contributed by atoms with van der Waals surface area (Å²) in [7, 11) is 1.80. The summed E-state index contributed by atoms with van der Waals surface area (Å²) in [6.45, 7) is 1.49. The van der Waals surface area contributed by atoms with Gasteiger partial charge in [0.1, 0.15) is 0 Å². The van der Waals surface area contributed by atoms with Gasteiger partial charge in [-0.1, -0.05) is 28.1 Å². The van der Waals surface area contributed by atoms with Crippen molar-refractivity contribution in [3.8, 4) is 0 Å². The lowest BCUT2D eigenvalue weighted by Gasteiger charge is -2.22. The van der Waals surface area contributed by atoms with Crippen LogP contribution in [0, 0.1) is 5.92 Å². The number of hydrogen-bond donors (Lipinski definition) is 1. The van der Waals surface area contributed by atoms with Gasteiger partial charge in [0.25, 0.3) is 0 Å². The van der Waals surface area contributed by atoms with Crippen molar-refractivity contribution in [3.05, 3.63) is 34.3 Å². The number of halogens is 1. The van der Waals surface area contributed by atoms with Gasteiger partial charge in [0.2, 0.25) is 5.91 Å². The van der Waals surface area contributed by atoms with Crippen molar-refractivity contribution >= 4 is 21.8 Å². The van der Waals surface area contributed by atoms with Gasteiger partial charge in [0.05, 0.1) is 19.1 Å². The molecule has 0 saturated carbocycles. The van der Waals surface area contributed by atoms with Gasteiger partial charge >= 0.3 is 0 Å². The minimum absolute atomic E-state index is 0.0555. The first-order valence-electron chi connectivity index (χ1n) is 5.90. The molecule has 0 spiro atoms. The molecule has 18 heavy (non-hydrogen) atoms. The Morgan fingerprint density at radius 2 is 2.33 bits per heavy atom. The number of hydrogen-bond acceptors (Lipinski definition) is 3. The van der Waals surface area contributed by atoms with Crippen molar-refractivity contribution in [3.63, 3.8) is 0 Å². The van der Waals surface area contributed by atoms with Crippen LogP contribution in [0.25, 0.3) is 0 Å². The molecular weight excluding hydrogens is 296 g/mol. The summed E-state index contributed by atoms with van der Waals surface area (Å²) in [6.07, 6.45) is 0. The Balaban J connectivity index is 1.99. The Bertz CT molecular complexity index is 439. The summed E-state index contributed by atoms with van der Waals surface area (Å²) in [5, 5.41) is 0. The van der Waals surface area contributed by atoms with Gasteiger partial charge in [-0.15, -0.1) is 0 Å². The highest BCUT2D eigenvalue weighted by Crippen LogP contribution is 2.17. The highest BCUT2D eigenvalue weighted by atomic mass is 79.9. The van der Waals surface area contributed by atoms with Gasteiger partial charge in [0.15, 0.2) is 0 Å². The average molecular weight is 313 g/mol. The Kier molecular flexibility index (Phi) is 4.37. The zero-order chi connectivity index (χ0) is 13.1. The quantitative estimate of drug-likeness (QED) is 0.917. The Hall–Kier alpha value is -0.910. The lowest BCUT2D eigenvalue weighted by molar-refractivity contribution is -0.135. The molecule has 4 nitrogen and oxygen atoms in total. The molecule has 0 radical (unpaired) electrons. The van der Waals surface area contributed by atoms with Crippen LogP contribution in [0.15, 0.2) is 28.7 Å². The fourth-order valence-corrected chi connectivity index (χ4v) is 2.54. The third kappa shape index (κ3) is 3.10. The van der Waals surface area contributed by atoms with Crippen molar-refractivity contribution in [2.75, 3.05) is 20.3 Å². The summed E-state index contributed by atoms with van der Waals surface area (Å²) >= 11 is 3.42. The van der Waals surface area contributed by atoms with Crippen LogP contribution in [-0.4, -0.2) is 37.1 Å². The number of nitrogens with zero attached hydrogens (tertiary/aromatic N) is 1. The van der Waals surface area contributed by atoms with E-state index in [1.807, 2.05) is 24.3 Å². The molecule has 1 amide bonds. The number of carbonyl (C=O) groups is 1. The van der Waals surface area contributed by atoms with Gasteiger partial charge < -0.3 is 15.4 Å². The third-order valence-corrected chi connectivity index (χ3v) is 3.62. The Labute approximate surface area is 115 Å². The fourth-order valence-electron chi connectivity index (χ4n) is 2.10. The van der Waals surface area contributed by atoms with E-state index >= 15 is 0 Å². The standard InChI is InChI=1S/C13H17BrN2O2/c1-16(6-9-3-2-4-10(14)5-9)13(17)11-7-18-8-12(11)15/h2-5,11-12H,6-8,15H2,1H3. The summed E-state index contributed by atoms with van der Waals surface area (Å²) in [5.41, 5.74) is 6.95. The van der Waals surface area contributed by atoms with Crippen molar-refractivity contribution in [1.82, 2.24) is 4.90 Å². The van der Waals surface area contributed by atoms with E-state index in [0.29, 0.717) is 19.8 Å². The molecule has 2 unspecified atom stereocenters. The number of carbonyl (C=O) groups excluding carboxylic acids is 1. The van der Waals surface area contributed by atoms with Crippen molar-refractivity contribution in [1.29, 1.82) is 0 Å². The van der Waals surface area contributed by atoms with Crippen molar-refractivity contribution in [2.45, 2.75) is 12.6 Å². The molecule has 0 aromatic heterocycles. The van der Waals surface area contributed by atoms with Crippen LogP contribution in [0.1, 0.15) is 5.56 Å². The molecule has 98 valence electrons. The van der Waals surface area contributed by atoms with Gasteiger partial charge in [-0.2, -0.15) is 0 Å². The molecule has 1 aromatic carbocycles. The lowest BCUT2D eigenvalue weighted by Crippen LogP contribution is -2.41. The third-order valence-electron chi connectivity index (χ3n) is 3.13. The summed E-state index contributed by atoms with van der Waals surface area (Å²) in [4.78, 5) is 13.9. The monoisotopic (exact) mass is 312 g/mol. The van der Waals surface area contributed by atoms with Crippen LogP contribution in [-0.2, 0) is 16.1 Å². The minimum Gasteiger partial charge on any atom is -0.379 e. The average Bonchev–Trinajstić information content (AvgIpc) is 2.74. The second kappa shape index (κ2) is 5.82. The molecular formula is C13H17BrN2O2. The van der Waals surface area contributed by atoms with Gasteiger partial charge in [0, 0.05) is 24.1 Å². The van der Waals surface area contributed by atoms with Crippen LogP contribution < -0.4 is 5.73 Å². The van der Waals surface area contributed by atoms with E-state index in [2.05, 4.69) is 15.9 Å². The van der Waals surface area contributed by atoms with Crippen LogP contribution in [0.3, 0.4) is 0 Å². The Morgan fingerprint density at radius 3 is 2.94 bits per heavy atom. The SMILES string of the molecule is CN(Cc1cccc(Br)c1)C(=O)C1COCC1N. The highest BCUT2D eigenvalue weighted by molar-refractivity contribution is 9.10. The van der Waals surface area contributed by atoms with E-state index in [9.17, 15) is 4.79 Å². The van der Waals surface area contributed by atoms with E-state index in [4.69, 9.17) is 10.5 Å². The smallest absolute Gasteiger partial charge is 0.229 e. The summed E-state index contributed by atoms with van der Waals surface area (Å²) in [6, 6.07) is 7.75. The molecule has 2 rings (SSSR count). The van der Waals surface area contributed by atoms with Crippen LogP contribution in [0.5, 0.6) is 0 Å². The highest BCUT2D eigenvalue weighted by Gasteiger charge is 2.33. The van der Waals surface area contributed by atoms with E-state index in [-0.39, 0.29) is 17.9 Å². The first kappa shape index (κ1) is 13.5. The Morgan fingerprint density at radius 1 is 1.56 bits per heavy atom. The molecule has 1 aliphatic rings. The maximum atomic E-state index is 12.2. The summed E-state index contributed by atoms with van der Waals surface area (Å²) in [5.74, 6) is -0.151. The molecule has 1 heterocycles. The molecule has 1 aromatic rings. The second-order valence-corrected chi connectivity index (χ2v) is 5.55. The second-order valence-electron chi connectivity index (χ2n) is 4.63. The zero-order valence-corrected chi connectivity index (χ0v) is 11.9. The lowest BCUT2D eigenvalue weighted by atomic mass is 10.0. The van der Waals surface area contributed by atoms with Crippen LogP contribution in [0.4, 0.5) is 0 Å². The molecule has 2 N–H and O–H groups in total. The fraction of sp³-hybridized carbons (Fsp3) is 0.462. The number of amides is 1. The van der Waals surface area contributed by atoms with Gasteiger partial charge in [-0.3, -0.25) is 4.79 Å². The van der Waals surface area contributed by atoms with Gasteiger partial charge in [-0.25, -0.2) is 0 Å². The minimum atomic E-state index is -0.206. The number of rotatable bonds is 3. The molecule has 0 bridgehead atoms. The van der Waals surface area contributed by atoms with Crippen LogP contribution in [0.2, 0.25) is 0 Å². The van der Waals surface area contributed by atoms with E-state index in [1.54, 1.807) is 11.9 Å². The van der Waals surface area contributed by atoms with Crippen LogP contribution >= 0.6 is 15.9 Å². The molecule has 5 heteroatoms. The molecule has 1 aliphatic heterocycles. The zero-order valence-electron chi connectivity index (χ0n) is 10.3.